The van der Waals surface area contributed by atoms with Gasteiger partial charge in [-0.15, -0.1) is 0 Å². The molecule has 3 N–H and O–H groups in total. The Morgan fingerprint density at radius 1 is 1.29 bits per heavy atom. The molecule has 0 unspecified atom stereocenters. The summed E-state index contributed by atoms with van der Waals surface area (Å²) in [6.45, 7) is 0.660. The second-order valence-corrected chi connectivity index (χ2v) is 7.18. The fraction of sp³-hybridized carbons (Fsp3) is 0.500. The van der Waals surface area contributed by atoms with Crippen molar-refractivity contribution in [2.45, 2.75) is 50.7 Å². The summed E-state index contributed by atoms with van der Waals surface area (Å²) in [4.78, 5) is 31.7. The molecule has 8 nitrogen and oxygen atoms in total. The van der Waals surface area contributed by atoms with Gasteiger partial charge in [-0.2, -0.15) is 0 Å². The van der Waals surface area contributed by atoms with Crippen LogP contribution in [0.2, 0.25) is 0 Å². The quantitative estimate of drug-likeness (QED) is 0.439. The number of benzene rings is 1. The number of hydrogen-bond acceptors (Lipinski definition) is 6. The summed E-state index contributed by atoms with van der Waals surface area (Å²) in [5, 5.41) is 11.6. The molecule has 0 spiro atoms. The van der Waals surface area contributed by atoms with Crippen molar-refractivity contribution in [1.82, 2.24) is 4.90 Å². The standard InChI is InChI=1S/C20H26N4O4/c1-27-19(26)10-15-4-2-3-9-24(15)18(25)12-16-11-17(23-28-16)13-5-7-14(8-6-13)20(21)22/h5-8,15-16H,2-4,9-12H2,1H3,(H3,21,22)/t15-,16-/m1/s1. The summed E-state index contributed by atoms with van der Waals surface area (Å²) in [5.74, 6) is -0.286. The lowest BCUT2D eigenvalue weighted by molar-refractivity contribution is -0.145. The topological polar surface area (TPSA) is 118 Å². The molecule has 1 aromatic rings. The zero-order valence-electron chi connectivity index (χ0n) is 16.0. The maximum absolute atomic E-state index is 12.8. The molecular formula is C20H26N4O4. The third-order valence-corrected chi connectivity index (χ3v) is 5.24. The van der Waals surface area contributed by atoms with Gasteiger partial charge < -0.3 is 20.2 Å². The van der Waals surface area contributed by atoms with E-state index >= 15 is 0 Å². The molecule has 3 rings (SSSR count). The van der Waals surface area contributed by atoms with E-state index in [1.54, 1.807) is 17.0 Å². The number of nitrogen functional groups attached to an aromatic ring is 1. The van der Waals surface area contributed by atoms with Gasteiger partial charge in [0, 0.05) is 24.6 Å². The first-order valence-corrected chi connectivity index (χ1v) is 9.51. The Balaban J connectivity index is 1.56. The molecule has 2 aliphatic heterocycles. The minimum atomic E-state index is -0.310. The normalized spacial score (nSPS) is 21.6. The van der Waals surface area contributed by atoms with Gasteiger partial charge >= 0.3 is 5.97 Å². The average Bonchev–Trinajstić information content (AvgIpc) is 3.16. The first-order chi connectivity index (χ1) is 13.5. The maximum Gasteiger partial charge on any atom is 0.307 e. The van der Waals surface area contributed by atoms with Gasteiger partial charge in [-0.1, -0.05) is 29.4 Å². The summed E-state index contributed by atoms with van der Waals surface area (Å²) in [7, 11) is 1.37. The third-order valence-electron chi connectivity index (χ3n) is 5.24. The molecular weight excluding hydrogens is 360 g/mol. The second kappa shape index (κ2) is 8.86. The Bertz CT molecular complexity index is 775. The van der Waals surface area contributed by atoms with Crippen LogP contribution in [0.3, 0.4) is 0 Å². The van der Waals surface area contributed by atoms with Crippen LogP contribution in [0, 0.1) is 5.41 Å². The third kappa shape index (κ3) is 4.68. The van der Waals surface area contributed by atoms with Crippen LogP contribution in [0.5, 0.6) is 0 Å². The molecule has 0 saturated carbocycles. The van der Waals surface area contributed by atoms with Crippen LogP contribution < -0.4 is 5.73 Å². The highest BCUT2D eigenvalue weighted by Crippen LogP contribution is 2.24. The highest BCUT2D eigenvalue weighted by atomic mass is 16.6. The highest BCUT2D eigenvalue weighted by Gasteiger charge is 2.32. The number of methoxy groups -OCH3 is 1. The number of likely N-dealkylation sites (tertiary alicyclic amines) is 1. The zero-order chi connectivity index (χ0) is 20.1. The largest absolute Gasteiger partial charge is 0.469 e. The van der Waals surface area contributed by atoms with Gasteiger partial charge in [-0.3, -0.25) is 15.0 Å². The van der Waals surface area contributed by atoms with Gasteiger partial charge in [0.15, 0.2) is 0 Å². The number of nitrogens with one attached hydrogen (secondary N) is 1. The molecule has 0 aromatic heterocycles. The number of carbonyl (C=O) groups excluding carboxylic acids is 2. The summed E-state index contributed by atoms with van der Waals surface area (Å²) in [5.41, 5.74) is 7.79. The van der Waals surface area contributed by atoms with Crippen LogP contribution in [-0.2, 0) is 19.2 Å². The molecule has 0 bridgehead atoms. The Hall–Kier alpha value is -2.90. The van der Waals surface area contributed by atoms with Crippen LogP contribution in [-0.4, -0.2) is 54.1 Å². The predicted octanol–water partition coefficient (Wildman–Crippen LogP) is 1.80. The molecule has 150 valence electrons. The van der Waals surface area contributed by atoms with Crippen LogP contribution in [0.15, 0.2) is 29.4 Å². The zero-order valence-corrected chi connectivity index (χ0v) is 16.0. The lowest BCUT2D eigenvalue weighted by atomic mass is 9.97. The van der Waals surface area contributed by atoms with E-state index in [2.05, 4.69) is 5.16 Å². The molecule has 1 fully saturated rings. The fourth-order valence-corrected chi connectivity index (χ4v) is 3.68. The van der Waals surface area contributed by atoms with E-state index in [9.17, 15) is 9.59 Å². The molecule has 1 saturated heterocycles. The van der Waals surface area contributed by atoms with Crippen molar-refractivity contribution in [1.29, 1.82) is 5.41 Å². The van der Waals surface area contributed by atoms with E-state index in [1.807, 2.05) is 12.1 Å². The highest BCUT2D eigenvalue weighted by molar-refractivity contribution is 6.02. The number of nitrogens with zero attached hydrogens (tertiary/aromatic N) is 2. The SMILES string of the molecule is COC(=O)C[C@H]1CCCCN1C(=O)C[C@H]1CC(c2ccc(C(=N)N)cc2)=NO1. The van der Waals surface area contributed by atoms with E-state index in [1.165, 1.54) is 7.11 Å². The van der Waals surface area contributed by atoms with Crippen LogP contribution in [0.4, 0.5) is 0 Å². The number of esters is 1. The number of amidine groups is 1. The van der Waals surface area contributed by atoms with Gasteiger partial charge in [0.1, 0.15) is 11.9 Å². The van der Waals surface area contributed by atoms with Crippen LogP contribution in [0.25, 0.3) is 0 Å². The molecule has 28 heavy (non-hydrogen) atoms. The van der Waals surface area contributed by atoms with Crippen molar-refractivity contribution in [3.63, 3.8) is 0 Å². The van der Waals surface area contributed by atoms with Gasteiger partial charge in [-0.25, -0.2) is 0 Å². The Morgan fingerprint density at radius 2 is 2.04 bits per heavy atom. The fourth-order valence-electron chi connectivity index (χ4n) is 3.68. The van der Waals surface area contributed by atoms with E-state index in [4.69, 9.17) is 20.7 Å². The molecule has 8 heteroatoms. The summed E-state index contributed by atoms with van der Waals surface area (Å²) < 4.78 is 4.76. The number of piperidine rings is 1. The molecule has 0 radical (unpaired) electrons. The predicted molar refractivity (Wildman–Crippen MR) is 104 cm³/mol. The van der Waals surface area contributed by atoms with Gasteiger partial charge in [0.2, 0.25) is 5.91 Å². The van der Waals surface area contributed by atoms with E-state index in [0.717, 1.165) is 30.5 Å². The Labute approximate surface area is 164 Å². The van der Waals surface area contributed by atoms with Crippen LogP contribution >= 0.6 is 0 Å². The number of nitrogens with two attached hydrogens (primary N) is 1. The van der Waals surface area contributed by atoms with Crippen molar-refractivity contribution < 1.29 is 19.2 Å². The summed E-state index contributed by atoms with van der Waals surface area (Å²) in [6, 6.07) is 7.13. The molecule has 0 aliphatic carbocycles. The average molecular weight is 386 g/mol. The smallest absolute Gasteiger partial charge is 0.307 e. The monoisotopic (exact) mass is 386 g/mol. The first kappa shape index (κ1) is 19.9. The van der Waals surface area contributed by atoms with E-state index < -0.39 is 0 Å². The Morgan fingerprint density at radius 3 is 2.71 bits per heavy atom. The van der Waals surface area contributed by atoms with Crippen molar-refractivity contribution in [3.05, 3.63) is 35.4 Å². The lowest BCUT2D eigenvalue weighted by Crippen LogP contribution is -2.45. The number of carbonyl (C=O) groups is 2. The lowest BCUT2D eigenvalue weighted by Gasteiger charge is -2.35. The molecule has 1 amide bonds. The number of ether oxygens (including phenoxy) is 1. The number of amides is 1. The van der Waals surface area contributed by atoms with Crippen molar-refractivity contribution in [2.24, 2.45) is 10.9 Å². The van der Waals surface area contributed by atoms with Gasteiger partial charge in [0.25, 0.3) is 0 Å². The second-order valence-electron chi connectivity index (χ2n) is 7.18. The molecule has 1 aromatic carbocycles. The minimum absolute atomic E-state index is 0.0121. The molecule has 2 atom stereocenters. The number of hydrogen-bond donors (Lipinski definition) is 2. The minimum Gasteiger partial charge on any atom is -0.469 e. The summed E-state index contributed by atoms with van der Waals surface area (Å²) >= 11 is 0. The molecule has 2 heterocycles. The number of oxime groups is 1. The van der Waals surface area contributed by atoms with E-state index in [-0.39, 0.29) is 42.7 Å². The van der Waals surface area contributed by atoms with Crippen LogP contribution in [0.1, 0.15) is 49.7 Å². The van der Waals surface area contributed by atoms with E-state index in [0.29, 0.717) is 18.5 Å². The summed E-state index contributed by atoms with van der Waals surface area (Å²) in [6.07, 6.45) is 3.47. The van der Waals surface area contributed by atoms with Crippen molar-refractivity contribution >= 4 is 23.4 Å². The first-order valence-electron chi connectivity index (χ1n) is 9.51. The van der Waals surface area contributed by atoms with Crippen molar-refractivity contribution in [3.8, 4) is 0 Å². The molecule has 2 aliphatic rings. The van der Waals surface area contributed by atoms with Crippen molar-refractivity contribution in [2.75, 3.05) is 13.7 Å². The van der Waals surface area contributed by atoms with Gasteiger partial charge in [0.05, 0.1) is 25.7 Å². The Kier molecular flexibility index (Phi) is 6.28. The maximum atomic E-state index is 12.8. The number of rotatable bonds is 6. The van der Waals surface area contributed by atoms with Gasteiger partial charge in [-0.05, 0) is 24.8 Å².